The lowest BCUT2D eigenvalue weighted by atomic mass is 10.1. The van der Waals surface area contributed by atoms with E-state index in [0.29, 0.717) is 19.3 Å². The molecule has 0 heterocycles. The van der Waals surface area contributed by atoms with Gasteiger partial charge in [-0.3, -0.25) is 9.59 Å². The third kappa shape index (κ3) is 34.8. The molecule has 0 spiro atoms. The van der Waals surface area contributed by atoms with E-state index in [9.17, 15) is 19.5 Å². The minimum Gasteiger partial charge on any atom is -0.477 e. The number of rotatable bonds is 37. The molecule has 0 bridgehead atoms. The summed E-state index contributed by atoms with van der Waals surface area (Å²) in [4.78, 5) is 36.8. The van der Waals surface area contributed by atoms with Crippen LogP contribution in [0.4, 0.5) is 0 Å². The summed E-state index contributed by atoms with van der Waals surface area (Å²) in [7, 11) is 5.51. The van der Waals surface area contributed by atoms with E-state index in [4.69, 9.17) is 14.2 Å². The molecule has 0 saturated carbocycles. The van der Waals surface area contributed by atoms with Crippen LogP contribution < -0.4 is 0 Å². The first-order chi connectivity index (χ1) is 25.6. The van der Waals surface area contributed by atoms with E-state index in [1.54, 1.807) is 0 Å². The van der Waals surface area contributed by atoms with Crippen molar-refractivity contribution in [1.82, 2.24) is 0 Å². The summed E-state index contributed by atoms with van der Waals surface area (Å²) < 4.78 is 17.2. The summed E-state index contributed by atoms with van der Waals surface area (Å²) in [6.07, 6.45) is 41.6. The number of esters is 2. The summed E-state index contributed by atoms with van der Waals surface area (Å²) >= 11 is 0. The smallest absolute Gasteiger partial charge is 0.362 e. The lowest BCUT2D eigenvalue weighted by Gasteiger charge is -2.31. The van der Waals surface area contributed by atoms with Gasteiger partial charge in [0.05, 0.1) is 34.4 Å². The second kappa shape index (κ2) is 36.3. The number of likely N-dealkylation sites (N-methyl/N-ethyl adjacent to an activating group) is 1. The first-order valence-electron chi connectivity index (χ1n) is 21.2. The highest BCUT2D eigenvalue weighted by Gasteiger charge is 2.31. The van der Waals surface area contributed by atoms with Gasteiger partial charge in [0, 0.05) is 19.3 Å². The Morgan fingerprint density at radius 1 is 0.566 bits per heavy atom. The molecule has 2 atom stereocenters. The molecule has 0 aliphatic heterocycles. The molecule has 0 rings (SSSR count). The molecule has 0 aromatic rings. The topological polar surface area (TPSA) is 99.1 Å². The maximum absolute atomic E-state index is 12.6. The fourth-order valence-corrected chi connectivity index (χ4v) is 5.90. The highest BCUT2D eigenvalue weighted by Crippen LogP contribution is 2.13. The van der Waals surface area contributed by atoms with Gasteiger partial charge in [0.2, 0.25) is 0 Å². The van der Waals surface area contributed by atoms with Gasteiger partial charge in [-0.1, -0.05) is 140 Å². The molecule has 0 fully saturated rings. The van der Waals surface area contributed by atoms with Gasteiger partial charge in [-0.05, 0) is 57.8 Å². The van der Waals surface area contributed by atoms with Crippen molar-refractivity contribution in [3.05, 3.63) is 48.6 Å². The van der Waals surface area contributed by atoms with Gasteiger partial charge in [0.1, 0.15) is 6.61 Å². The predicted octanol–water partition coefficient (Wildman–Crippen LogP) is 11.2. The summed E-state index contributed by atoms with van der Waals surface area (Å²) in [5, 5.41) is 9.58. The zero-order valence-electron chi connectivity index (χ0n) is 34.7. The Labute approximate surface area is 325 Å². The lowest BCUT2D eigenvalue weighted by Crippen LogP contribution is -2.50. The fraction of sp³-hybridized carbons (Fsp3) is 0.756. The van der Waals surface area contributed by atoms with Crippen LogP contribution in [0.25, 0.3) is 0 Å². The minimum absolute atomic E-state index is 0.0549. The maximum atomic E-state index is 12.6. The van der Waals surface area contributed by atoms with Gasteiger partial charge in [0.25, 0.3) is 0 Å². The zero-order chi connectivity index (χ0) is 39.3. The van der Waals surface area contributed by atoms with Crippen LogP contribution in [0.1, 0.15) is 168 Å². The molecule has 0 saturated heterocycles. The van der Waals surface area contributed by atoms with Crippen molar-refractivity contribution in [1.29, 1.82) is 0 Å². The summed E-state index contributed by atoms with van der Waals surface area (Å²) in [6.45, 7) is 4.65. The molecular weight excluding hydrogens is 666 g/mol. The van der Waals surface area contributed by atoms with Crippen molar-refractivity contribution in [2.24, 2.45) is 0 Å². The molecule has 0 amide bonds. The number of hydrogen-bond acceptors (Lipinski definition) is 6. The third-order valence-electron chi connectivity index (χ3n) is 9.23. The lowest BCUT2D eigenvalue weighted by molar-refractivity contribution is -0.887. The number of hydrogen-bond donors (Lipinski definition) is 1. The molecule has 306 valence electrons. The molecule has 0 radical (unpaired) electrons. The second-order valence-electron chi connectivity index (χ2n) is 15.2. The molecule has 1 N–H and O–H groups in total. The average Bonchev–Trinajstić information content (AvgIpc) is 3.11. The van der Waals surface area contributed by atoms with Crippen LogP contribution in [0.5, 0.6) is 0 Å². The van der Waals surface area contributed by atoms with Crippen LogP contribution >= 0.6 is 0 Å². The highest BCUT2D eigenvalue weighted by molar-refractivity contribution is 5.72. The first kappa shape index (κ1) is 50.3. The Hall–Kier alpha value is -2.71. The Morgan fingerprint density at radius 3 is 1.51 bits per heavy atom. The monoisotopic (exact) mass is 747 g/mol. The van der Waals surface area contributed by atoms with E-state index in [1.807, 2.05) is 21.1 Å². The Kier molecular flexibility index (Phi) is 34.4. The molecule has 8 heteroatoms. The number of carboxylic acid groups (broad SMARTS) is 1. The van der Waals surface area contributed by atoms with Crippen LogP contribution in [0.3, 0.4) is 0 Å². The van der Waals surface area contributed by atoms with E-state index >= 15 is 0 Å². The third-order valence-corrected chi connectivity index (χ3v) is 9.23. The zero-order valence-corrected chi connectivity index (χ0v) is 34.7. The van der Waals surface area contributed by atoms with Crippen LogP contribution in [0.2, 0.25) is 0 Å². The average molecular weight is 747 g/mol. The highest BCUT2D eigenvalue weighted by atomic mass is 16.6. The Morgan fingerprint density at radius 2 is 1.00 bits per heavy atom. The largest absolute Gasteiger partial charge is 0.477 e. The van der Waals surface area contributed by atoms with E-state index in [0.717, 1.165) is 77.0 Å². The normalized spacial score (nSPS) is 13.5. The molecule has 53 heavy (non-hydrogen) atoms. The summed E-state index contributed by atoms with van der Waals surface area (Å²) in [5.74, 6) is -1.50. The van der Waals surface area contributed by atoms with Gasteiger partial charge in [-0.15, -0.1) is 0 Å². The number of aliphatic carboxylic acids is 1. The van der Waals surface area contributed by atoms with E-state index in [1.165, 1.54) is 57.8 Å². The number of carboxylic acids is 1. The number of allylic oxidation sites excluding steroid dienone is 8. The van der Waals surface area contributed by atoms with Crippen molar-refractivity contribution in [3.8, 4) is 0 Å². The van der Waals surface area contributed by atoms with E-state index in [2.05, 4.69) is 62.5 Å². The molecule has 2 unspecified atom stereocenters. The van der Waals surface area contributed by atoms with Gasteiger partial charge < -0.3 is 23.8 Å². The maximum Gasteiger partial charge on any atom is 0.362 e. The summed E-state index contributed by atoms with van der Waals surface area (Å²) in [5.41, 5.74) is 0. The van der Waals surface area contributed by atoms with Gasteiger partial charge >= 0.3 is 17.9 Å². The number of unbranched alkanes of at least 4 members (excludes halogenated alkanes) is 15. The van der Waals surface area contributed by atoms with Gasteiger partial charge in [-0.2, -0.15) is 0 Å². The van der Waals surface area contributed by atoms with Crippen molar-refractivity contribution >= 4 is 17.9 Å². The Bertz CT molecular complexity index is 1010. The number of nitrogens with zero attached hydrogens (tertiary/aromatic N) is 1. The van der Waals surface area contributed by atoms with Crippen molar-refractivity contribution in [2.75, 3.05) is 41.0 Å². The molecule has 0 aliphatic carbocycles. The molecular formula is C45H80NO7+. The predicted molar refractivity (Wildman–Crippen MR) is 220 cm³/mol. The van der Waals surface area contributed by atoms with Crippen LogP contribution in [0.15, 0.2) is 48.6 Å². The SMILES string of the molecule is CCCCC/C=C/C/C=C/C/C=C/C/C=C/CCCCCCCC(=O)OCC(COCCC(C(=O)O)[N+](C)(C)C)OC(=O)CCCCCCCCCC. The fourth-order valence-electron chi connectivity index (χ4n) is 5.90. The van der Waals surface area contributed by atoms with Crippen molar-refractivity contribution < 1.29 is 38.2 Å². The Balaban J connectivity index is 4.28. The minimum atomic E-state index is -0.880. The molecule has 0 aromatic carbocycles. The quantitative estimate of drug-likeness (QED) is 0.0292. The molecule has 0 aliphatic rings. The van der Waals surface area contributed by atoms with Crippen molar-refractivity contribution in [3.63, 3.8) is 0 Å². The first-order valence-corrected chi connectivity index (χ1v) is 21.2. The summed E-state index contributed by atoms with van der Waals surface area (Å²) in [6, 6.07) is -0.616. The van der Waals surface area contributed by atoms with Crippen LogP contribution in [-0.4, -0.2) is 80.6 Å². The number of carbonyl (C=O) groups is 3. The van der Waals surface area contributed by atoms with Crippen LogP contribution in [-0.2, 0) is 28.6 Å². The number of carbonyl (C=O) groups excluding carboxylic acids is 2. The molecule has 8 nitrogen and oxygen atoms in total. The van der Waals surface area contributed by atoms with E-state index in [-0.39, 0.29) is 36.2 Å². The number of quaternary nitrogens is 1. The number of ether oxygens (including phenoxy) is 3. The van der Waals surface area contributed by atoms with Gasteiger partial charge in [0.15, 0.2) is 12.1 Å². The van der Waals surface area contributed by atoms with Crippen LogP contribution in [0, 0.1) is 0 Å². The van der Waals surface area contributed by atoms with Crippen molar-refractivity contribution in [2.45, 2.75) is 180 Å². The second-order valence-corrected chi connectivity index (χ2v) is 15.2. The standard InChI is InChI=1S/C45H79NO7/c1-6-8-10-12-14-16-17-18-19-20-21-22-23-24-25-26-27-28-30-31-33-35-43(47)52-40-41(39-51-38-37-42(45(49)50)46(3,4)5)53-44(48)36-34-32-29-15-13-11-9-7-2/h14,16,18-19,21-22,24-25,41-42H,6-13,15,17,20,23,26-40H2,1-5H3/p+1/b16-14+,19-18+,22-21+,25-24+. The van der Waals surface area contributed by atoms with E-state index < -0.39 is 18.1 Å². The molecule has 0 aromatic heterocycles. The van der Waals surface area contributed by atoms with Gasteiger partial charge in [-0.25, -0.2) is 4.79 Å².